The van der Waals surface area contributed by atoms with E-state index in [9.17, 15) is 12.8 Å². The van der Waals surface area contributed by atoms with E-state index >= 15 is 0 Å². The summed E-state index contributed by atoms with van der Waals surface area (Å²) in [6.07, 6.45) is 2.16. The van der Waals surface area contributed by atoms with Crippen LogP contribution in [0.5, 0.6) is 0 Å². The molecule has 0 saturated carbocycles. The first-order valence-electron chi connectivity index (χ1n) is 6.74. The van der Waals surface area contributed by atoms with E-state index in [-0.39, 0.29) is 10.6 Å². The van der Waals surface area contributed by atoms with Crippen LogP contribution in [-0.4, -0.2) is 18.2 Å². The topological polar surface area (TPSA) is 64.0 Å². The second-order valence-electron chi connectivity index (χ2n) is 4.95. The van der Waals surface area contributed by atoms with E-state index in [4.69, 9.17) is 11.6 Å². The van der Waals surface area contributed by atoms with Gasteiger partial charge in [-0.2, -0.15) is 5.10 Å². The number of nitrogens with zero attached hydrogens (tertiary/aromatic N) is 2. The predicted octanol–water partition coefficient (Wildman–Crippen LogP) is 2.78. The van der Waals surface area contributed by atoms with E-state index in [0.717, 1.165) is 11.8 Å². The Hall–Kier alpha value is -1.44. The number of aromatic nitrogens is 2. The van der Waals surface area contributed by atoms with Gasteiger partial charge < -0.3 is 0 Å². The molecule has 1 unspecified atom stereocenters. The number of aryl methyl sites for hydroxylation is 1. The average molecular weight is 346 g/mol. The highest BCUT2D eigenvalue weighted by Crippen LogP contribution is 2.20. The van der Waals surface area contributed by atoms with Crippen molar-refractivity contribution < 1.29 is 12.8 Å². The van der Waals surface area contributed by atoms with Gasteiger partial charge in [-0.15, -0.1) is 0 Å². The summed E-state index contributed by atoms with van der Waals surface area (Å²) in [6, 6.07) is 5.29. The summed E-state index contributed by atoms with van der Waals surface area (Å²) in [7, 11) is -1.96. The highest BCUT2D eigenvalue weighted by Gasteiger charge is 2.22. The van der Waals surface area contributed by atoms with Gasteiger partial charge in [-0.1, -0.05) is 24.6 Å². The molecule has 22 heavy (non-hydrogen) atoms. The summed E-state index contributed by atoms with van der Waals surface area (Å²) < 4.78 is 42.5. The number of benzene rings is 1. The third-order valence-corrected chi connectivity index (χ3v) is 4.88. The summed E-state index contributed by atoms with van der Waals surface area (Å²) in [6.45, 7) is 1.86. The van der Waals surface area contributed by atoms with E-state index < -0.39 is 27.6 Å². The number of rotatable bonds is 6. The summed E-state index contributed by atoms with van der Waals surface area (Å²) in [5.41, 5.74) is 0.833. The Morgan fingerprint density at radius 2 is 2.14 bits per heavy atom. The van der Waals surface area contributed by atoms with Crippen molar-refractivity contribution in [1.29, 1.82) is 0 Å². The van der Waals surface area contributed by atoms with Gasteiger partial charge in [0.1, 0.15) is 5.82 Å². The Balaban J connectivity index is 2.18. The van der Waals surface area contributed by atoms with Crippen LogP contribution >= 0.6 is 11.6 Å². The molecule has 8 heteroatoms. The molecule has 1 atom stereocenters. The van der Waals surface area contributed by atoms with E-state index in [2.05, 4.69) is 9.82 Å². The molecule has 1 heterocycles. The number of halogens is 2. The van der Waals surface area contributed by atoms with Crippen molar-refractivity contribution >= 4 is 21.6 Å². The van der Waals surface area contributed by atoms with Crippen molar-refractivity contribution in [3.63, 3.8) is 0 Å². The molecule has 0 fully saturated rings. The Labute approximate surface area is 134 Å². The third kappa shape index (κ3) is 4.06. The van der Waals surface area contributed by atoms with E-state index in [0.29, 0.717) is 6.42 Å². The molecule has 2 rings (SSSR count). The largest absolute Gasteiger partial charge is 0.271 e. The number of sulfonamides is 1. The van der Waals surface area contributed by atoms with E-state index in [1.54, 1.807) is 24.0 Å². The Bertz CT molecular complexity index is 761. The van der Waals surface area contributed by atoms with Gasteiger partial charge >= 0.3 is 0 Å². The normalized spacial score (nSPS) is 13.3. The van der Waals surface area contributed by atoms with Gasteiger partial charge in [0.2, 0.25) is 10.0 Å². The van der Waals surface area contributed by atoms with Gasteiger partial charge in [0.15, 0.2) is 0 Å². The zero-order chi connectivity index (χ0) is 16.3. The van der Waals surface area contributed by atoms with Crippen LogP contribution in [0.1, 0.15) is 30.6 Å². The molecule has 0 aliphatic carbocycles. The standard InChI is InChI=1S/C14H17ClFN3O2S/c1-3-13(14-6-7-17-19(14)2)18-22(20,21)9-10-4-5-11(15)8-12(10)16/h4-8,13,18H,3,9H2,1-2H3. The lowest BCUT2D eigenvalue weighted by molar-refractivity contribution is 0.525. The summed E-state index contributed by atoms with van der Waals surface area (Å²) in [5, 5.41) is 4.26. The second kappa shape index (κ2) is 6.76. The van der Waals surface area contributed by atoms with Crippen LogP contribution < -0.4 is 4.72 Å². The zero-order valence-electron chi connectivity index (χ0n) is 12.3. The van der Waals surface area contributed by atoms with Crippen LogP contribution in [0, 0.1) is 5.82 Å². The van der Waals surface area contributed by atoms with Gasteiger partial charge in [-0.05, 0) is 24.6 Å². The minimum Gasteiger partial charge on any atom is -0.271 e. The molecule has 0 aliphatic rings. The quantitative estimate of drug-likeness (QED) is 0.875. The first kappa shape index (κ1) is 16.9. The monoisotopic (exact) mass is 345 g/mol. The minimum absolute atomic E-state index is 0.0803. The first-order chi connectivity index (χ1) is 10.3. The SMILES string of the molecule is CCC(NS(=O)(=O)Cc1ccc(Cl)cc1F)c1ccnn1C. The smallest absolute Gasteiger partial charge is 0.216 e. The molecular weight excluding hydrogens is 329 g/mol. The molecule has 1 aromatic heterocycles. The highest BCUT2D eigenvalue weighted by atomic mass is 35.5. The molecule has 0 spiro atoms. The maximum Gasteiger partial charge on any atom is 0.216 e. The van der Waals surface area contributed by atoms with Gasteiger partial charge in [0, 0.05) is 23.8 Å². The van der Waals surface area contributed by atoms with E-state index in [1.165, 1.54) is 12.1 Å². The molecule has 1 aromatic carbocycles. The highest BCUT2D eigenvalue weighted by molar-refractivity contribution is 7.88. The van der Waals surface area contributed by atoms with Crippen LogP contribution in [-0.2, 0) is 22.8 Å². The van der Waals surface area contributed by atoms with Crippen molar-refractivity contribution in [3.05, 3.63) is 52.6 Å². The Kier molecular flexibility index (Phi) is 5.20. The van der Waals surface area contributed by atoms with E-state index in [1.807, 2.05) is 6.92 Å². The lowest BCUT2D eigenvalue weighted by atomic mass is 10.2. The van der Waals surface area contributed by atoms with Crippen molar-refractivity contribution in [3.8, 4) is 0 Å². The van der Waals surface area contributed by atoms with Crippen LogP contribution in [0.15, 0.2) is 30.5 Å². The minimum atomic E-state index is -3.70. The van der Waals surface area contributed by atoms with Gasteiger partial charge in [-0.3, -0.25) is 4.68 Å². The molecule has 0 amide bonds. The van der Waals surface area contributed by atoms with Crippen LogP contribution in [0.3, 0.4) is 0 Å². The maximum atomic E-state index is 13.7. The predicted molar refractivity (Wildman–Crippen MR) is 83.4 cm³/mol. The molecule has 0 radical (unpaired) electrons. The lowest BCUT2D eigenvalue weighted by Crippen LogP contribution is -2.30. The van der Waals surface area contributed by atoms with Gasteiger partial charge in [0.05, 0.1) is 17.5 Å². The Morgan fingerprint density at radius 3 is 2.68 bits per heavy atom. The molecule has 120 valence electrons. The fourth-order valence-electron chi connectivity index (χ4n) is 2.18. The van der Waals surface area contributed by atoms with Crippen molar-refractivity contribution in [1.82, 2.24) is 14.5 Å². The molecule has 0 bridgehead atoms. The maximum absolute atomic E-state index is 13.7. The molecular formula is C14H17ClFN3O2S. The second-order valence-corrected chi connectivity index (χ2v) is 7.14. The lowest BCUT2D eigenvalue weighted by Gasteiger charge is -2.17. The summed E-state index contributed by atoms with van der Waals surface area (Å²) in [5.74, 6) is -1.07. The average Bonchev–Trinajstić information content (AvgIpc) is 2.85. The first-order valence-corrected chi connectivity index (χ1v) is 8.77. The summed E-state index contributed by atoms with van der Waals surface area (Å²) in [4.78, 5) is 0. The summed E-state index contributed by atoms with van der Waals surface area (Å²) >= 11 is 5.67. The van der Waals surface area contributed by atoms with Crippen LogP contribution in [0.2, 0.25) is 5.02 Å². The molecule has 0 saturated heterocycles. The molecule has 5 nitrogen and oxygen atoms in total. The van der Waals surface area contributed by atoms with Crippen LogP contribution in [0.4, 0.5) is 4.39 Å². The van der Waals surface area contributed by atoms with Crippen molar-refractivity contribution in [2.24, 2.45) is 7.05 Å². The fourth-order valence-corrected chi connectivity index (χ4v) is 3.79. The Morgan fingerprint density at radius 1 is 1.41 bits per heavy atom. The molecule has 2 aromatic rings. The third-order valence-electron chi connectivity index (χ3n) is 3.31. The number of hydrogen-bond acceptors (Lipinski definition) is 3. The van der Waals surface area contributed by atoms with Gasteiger partial charge in [-0.25, -0.2) is 17.5 Å². The molecule has 0 aliphatic heterocycles. The number of nitrogens with one attached hydrogen (secondary N) is 1. The molecule has 1 N–H and O–H groups in total. The van der Waals surface area contributed by atoms with Crippen molar-refractivity contribution in [2.45, 2.75) is 25.1 Å². The fraction of sp³-hybridized carbons (Fsp3) is 0.357. The van der Waals surface area contributed by atoms with Crippen LogP contribution in [0.25, 0.3) is 0 Å². The number of hydrogen-bond donors (Lipinski definition) is 1. The van der Waals surface area contributed by atoms with Gasteiger partial charge in [0.25, 0.3) is 0 Å². The van der Waals surface area contributed by atoms with Crippen molar-refractivity contribution in [2.75, 3.05) is 0 Å². The zero-order valence-corrected chi connectivity index (χ0v) is 13.8.